The molecular weight excluding hydrogens is 314 g/mol. The molecule has 5 rings (SSSR count). The number of imidazole rings is 1. The molecule has 1 amide bonds. The molecule has 1 atom stereocenters. The maximum Gasteiger partial charge on any atom is 0.225 e. The Morgan fingerprint density at radius 1 is 1.28 bits per heavy atom. The molecule has 1 N–H and O–H groups in total. The number of pyridine rings is 1. The van der Waals surface area contributed by atoms with Gasteiger partial charge in [-0.15, -0.1) is 0 Å². The molecule has 0 aromatic carbocycles. The summed E-state index contributed by atoms with van der Waals surface area (Å²) in [7, 11) is 0. The minimum Gasteiger partial charge on any atom is -0.390 e. The third-order valence-corrected chi connectivity index (χ3v) is 6.65. The summed E-state index contributed by atoms with van der Waals surface area (Å²) in [5, 5.41) is 9.86. The summed E-state index contributed by atoms with van der Waals surface area (Å²) in [6, 6.07) is 6.25. The molecule has 0 bridgehead atoms. The Labute approximate surface area is 147 Å². The van der Waals surface area contributed by atoms with Gasteiger partial charge in [-0.3, -0.25) is 4.79 Å². The zero-order valence-electron chi connectivity index (χ0n) is 14.7. The largest absolute Gasteiger partial charge is 0.390 e. The van der Waals surface area contributed by atoms with E-state index < -0.39 is 5.60 Å². The Hall–Kier alpha value is -1.88. The highest BCUT2D eigenvalue weighted by Crippen LogP contribution is 2.53. The van der Waals surface area contributed by atoms with E-state index in [1.54, 1.807) is 0 Å². The van der Waals surface area contributed by atoms with Crippen molar-refractivity contribution in [2.75, 3.05) is 13.1 Å². The number of carbonyl (C=O) groups is 1. The topological polar surface area (TPSA) is 57.8 Å². The number of amides is 1. The van der Waals surface area contributed by atoms with E-state index in [0.717, 1.165) is 19.5 Å². The second-order valence-corrected chi connectivity index (χ2v) is 8.86. The van der Waals surface area contributed by atoms with Crippen LogP contribution in [0.25, 0.3) is 5.52 Å². The van der Waals surface area contributed by atoms with Gasteiger partial charge in [0, 0.05) is 36.5 Å². The quantitative estimate of drug-likeness (QED) is 0.915. The van der Waals surface area contributed by atoms with E-state index in [-0.39, 0.29) is 11.8 Å². The fraction of sp³-hybridized carbons (Fsp3) is 0.600. The summed E-state index contributed by atoms with van der Waals surface area (Å²) in [6.45, 7) is 3.62. The van der Waals surface area contributed by atoms with E-state index in [4.69, 9.17) is 0 Å². The van der Waals surface area contributed by atoms with Crippen LogP contribution in [-0.2, 0) is 4.79 Å². The lowest BCUT2D eigenvalue weighted by Gasteiger charge is -2.52. The maximum absolute atomic E-state index is 12.5. The summed E-state index contributed by atoms with van der Waals surface area (Å²) in [4.78, 5) is 19.2. The van der Waals surface area contributed by atoms with Crippen molar-refractivity contribution in [3.8, 4) is 0 Å². The van der Waals surface area contributed by atoms with Crippen LogP contribution in [0.2, 0.25) is 0 Å². The molecule has 2 aromatic rings. The first kappa shape index (κ1) is 15.4. The molecule has 2 aliphatic carbocycles. The predicted octanol–water partition coefficient (Wildman–Crippen LogP) is 2.59. The van der Waals surface area contributed by atoms with Gasteiger partial charge in [-0.2, -0.15) is 0 Å². The Balaban J connectivity index is 1.24. The fourth-order valence-electron chi connectivity index (χ4n) is 5.36. The van der Waals surface area contributed by atoms with Gasteiger partial charge >= 0.3 is 0 Å². The van der Waals surface area contributed by atoms with Crippen LogP contribution in [0, 0.1) is 11.3 Å². The molecule has 0 radical (unpaired) electrons. The van der Waals surface area contributed by atoms with Gasteiger partial charge in [0.15, 0.2) is 0 Å². The number of hydrogen-bond acceptors (Lipinski definition) is 3. The molecule has 1 unspecified atom stereocenters. The van der Waals surface area contributed by atoms with Crippen LogP contribution in [0.15, 0.2) is 30.7 Å². The predicted molar refractivity (Wildman–Crippen MR) is 94.1 cm³/mol. The minimum absolute atomic E-state index is 0.0432. The van der Waals surface area contributed by atoms with Crippen molar-refractivity contribution < 1.29 is 9.90 Å². The van der Waals surface area contributed by atoms with Gasteiger partial charge < -0.3 is 14.4 Å². The van der Waals surface area contributed by atoms with Crippen LogP contribution in [0.3, 0.4) is 0 Å². The Bertz CT molecular complexity index is 826. The van der Waals surface area contributed by atoms with E-state index in [2.05, 4.69) is 21.5 Å². The lowest BCUT2D eigenvalue weighted by molar-refractivity contribution is -0.161. The van der Waals surface area contributed by atoms with Crippen LogP contribution in [0.4, 0.5) is 0 Å². The lowest BCUT2D eigenvalue weighted by Crippen LogP contribution is -2.61. The Morgan fingerprint density at radius 2 is 2.08 bits per heavy atom. The van der Waals surface area contributed by atoms with Crippen LogP contribution >= 0.6 is 0 Å². The molecule has 2 aromatic heterocycles. The molecule has 1 aliphatic heterocycles. The lowest BCUT2D eigenvalue weighted by atomic mass is 9.69. The second-order valence-electron chi connectivity index (χ2n) is 8.86. The number of carbonyl (C=O) groups excluding carboxylic acids is 1. The summed E-state index contributed by atoms with van der Waals surface area (Å²) in [5.41, 5.74) is 2.12. The van der Waals surface area contributed by atoms with E-state index in [0.29, 0.717) is 24.2 Å². The van der Waals surface area contributed by atoms with Crippen LogP contribution in [-0.4, -0.2) is 44.0 Å². The maximum atomic E-state index is 12.5. The first-order chi connectivity index (χ1) is 11.9. The van der Waals surface area contributed by atoms with Crippen molar-refractivity contribution >= 4 is 11.4 Å². The number of aromatic nitrogens is 2. The number of nitrogens with zero attached hydrogens (tertiary/aromatic N) is 3. The number of rotatable bonds is 2. The van der Waals surface area contributed by atoms with Gasteiger partial charge in [-0.25, -0.2) is 4.98 Å². The average molecular weight is 339 g/mol. The minimum atomic E-state index is -0.622. The summed E-state index contributed by atoms with van der Waals surface area (Å²) < 4.78 is 2.10. The van der Waals surface area contributed by atoms with Gasteiger partial charge in [-0.05, 0) is 51.2 Å². The molecule has 3 fully saturated rings. The highest BCUT2D eigenvalue weighted by atomic mass is 16.3. The molecule has 132 valence electrons. The van der Waals surface area contributed by atoms with E-state index in [1.807, 2.05) is 30.4 Å². The van der Waals surface area contributed by atoms with Crippen LogP contribution in [0.5, 0.6) is 0 Å². The second kappa shape index (κ2) is 5.07. The standard InChI is InChI=1S/C20H25N3O2/c1-19(25)8-15(9-19)18(24)23-11-20(12-23)6-5-14(10-20)17-16-4-2-3-7-22(16)13-21-17/h2-4,7,13-15,25H,5-6,8-12H2,1H3/t14?,15-,19+. The van der Waals surface area contributed by atoms with Crippen molar-refractivity contribution in [2.45, 2.75) is 50.5 Å². The highest BCUT2D eigenvalue weighted by Gasteiger charge is 2.53. The summed E-state index contributed by atoms with van der Waals surface area (Å²) >= 11 is 0. The third-order valence-electron chi connectivity index (χ3n) is 6.65. The Morgan fingerprint density at radius 3 is 2.84 bits per heavy atom. The van der Waals surface area contributed by atoms with Crippen molar-refractivity contribution in [2.24, 2.45) is 11.3 Å². The number of aliphatic hydroxyl groups is 1. The normalized spacial score (nSPS) is 33.4. The van der Waals surface area contributed by atoms with E-state index in [1.165, 1.54) is 24.1 Å². The molecule has 1 spiro atoms. The number of likely N-dealkylation sites (tertiary alicyclic amines) is 1. The van der Waals surface area contributed by atoms with Crippen molar-refractivity contribution in [1.82, 2.24) is 14.3 Å². The molecule has 25 heavy (non-hydrogen) atoms. The molecular formula is C20H25N3O2. The number of hydrogen-bond donors (Lipinski definition) is 1. The van der Waals surface area contributed by atoms with Gasteiger partial charge in [0.05, 0.1) is 23.1 Å². The van der Waals surface area contributed by atoms with E-state index in [9.17, 15) is 9.90 Å². The zero-order valence-corrected chi connectivity index (χ0v) is 14.7. The first-order valence-corrected chi connectivity index (χ1v) is 9.38. The van der Waals surface area contributed by atoms with E-state index >= 15 is 0 Å². The van der Waals surface area contributed by atoms with Crippen molar-refractivity contribution in [3.63, 3.8) is 0 Å². The van der Waals surface area contributed by atoms with Crippen LogP contribution in [0.1, 0.15) is 50.6 Å². The van der Waals surface area contributed by atoms with Crippen molar-refractivity contribution in [3.05, 3.63) is 36.4 Å². The molecule has 5 heteroatoms. The third kappa shape index (κ3) is 2.40. The van der Waals surface area contributed by atoms with Crippen molar-refractivity contribution in [1.29, 1.82) is 0 Å². The van der Waals surface area contributed by atoms with Gasteiger partial charge in [-0.1, -0.05) is 6.07 Å². The number of fused-ring (bicyclic) bond motifs is 1. The first-order valence-electron chi connectivity index (χ1n) is 9.38. The van der Waals surface area contributed by atoms with Crippen LogP contribution < -0.4 is 0 Å². The smallest absolute Gasteiger partial charge is 0.225 e. The molecule has 3 heterocycles. The van der Waals surface area contributed by atoms with Gasteiger partial charge in [0.1, 0.15) is 0 Å². The molecule has 2 saturated carbocycles. The van der Waals surface area contributed by atoms with Gasteiger partial charge in [0.2, 0.25) is 5.91 Å². The SMILES string of the molecule is C[C@]1(O)C[C@@H](C(=O)N2CC3(CCC(c4ncn5ccccc45)C3)C2)C1. The molecule has 1 saturated heterocycles. The monoisotopic (exact) mass is 339 g/mol. The summed E-state index contributed by atoms with van der Waals surface area (Å²) in [5.74, 6) is 0.809. The summed E-state index contributed by atoms with van der Waals surface area (Å²) in [6.07, 6.45) is 8.71. The molecule has 5 nitrogen and oxygen atoms in total. The average Bonchev–Trinajstić information content (AvgIpc) is 3.14. The highest BCUT2D eigenvalue weighted by molar-refractivity contribution is 5.81. The fourth-order valence-corrected chi connectivity index (χ4v) is 5.36. The zero-order chi connectivity index (χ0) is 17.2. The van der Waals surface area contributed by atoms with Gasteiger partial charge in [0.25, 0.3) is 0 Å². The molecule has 3 aliphatic rings. The Kier molecular flexibility index (Phi) is 3.12.